The second-order valence-corrected chi connectivity index (χ2v) is 8.11. The van der Waals surface area contributed by atoms with Crippen LogP contribution in [0.2, 0.25) is 10.0 Å². The van der Waals surface area contributed by atoms with E-state index in [4.69, 9.17) is 32.5 Å². The molecule has 2 aromatic heterocycles. The number of carbonyl (C=O) groups is 1. The second kappa shape index (κ2) is 8.71. The van der Waals surface area contributed by atoms with E-state index in [-0.39, 0.29) is 28.8 Å². The Bertz CT molecular complexity index is 1010. The number of hydrogen-bond acceptors (Lipinski definition) is 6. The number of carbonyl (C=O) groups excluding carboxylic acids is 1. The molecule has 1 amide bonds. The molecular formula is C20H20Cl2N4O3. The van der Waals surface area contributed by atoms with Crippen molar-refractivity contribution in [2.45, 2.75) is 26.2 Å². The average Bonchev–Trinajstić information content (AvgIpc) is 3.12. The van der Waals surface area contributed by atoms with Crippen LogP contribution in [-0.2, 0) is 10.2 Å². The van der Waals surface area contributed by atoms with Crippen LogP contribution in [0.15, 0.2) is 47.1 Å². The number of hydrogen-bond donors (Lipinski definition) is 2. The molecule has 2 N–H and O–H groups in total. The third kappa shape index (κ3) is 5.62. The second-order valence-electron chi connectivity index (χ2n) is 7.27. The Balaban J connectivity index is 1.63. The molecule has 0 atom stereocenters. The summed E-state index contributed by atoms with van der Waals surface area (Å²) in [6, 6.07) is 10.4. The van der Waals surface area contributed by atoms with Crippen molar-refractivity contribution in [3.05, 3.63) is 58.3 Å². The van der Waals surface area contributed by atoms with Crippen LogP contribution in [0.5, 0.6) is 11.6 Å². The Morgan fingerprint density at radius 2 is 1.97 bits per heavy atom. The van der Waals surface area contributed by atoms with Crippen LogP contribution in [0.25, 0.3) is 0 Å². The Morgan fingerprint density at radius 1 is 1.21 bits per heavy atom. The number of nitrogens with one attached hydrogen (secondary N) is 2. The number of pyridine rings is 1. The summed E-state index contributed by atoms with van der Waals surface area (Å²) in [4.78, 5) is 16.3. The zero-order chi connectivity index (χ0) is 21.0. The van der Waals surface area contributed by atoms with Crippen LogP contribution in [0.1, 0.15) is 26.5 Å². The largest absolute Gasteiger partial charge is 0.435 e. The lowest BCUT2D eigenvalue weighted by molar-refractivity contribution is -0.114. The molecule has 0 unspecified atom stereocenters. The summed E-state index contributed by atoms with van der Waals surface area (Å²) in [5.41, 5.74) is 1.19. The zero-order valence-corrected chi connectivity index (χ0v) is 17.6. The minimum atomic E-state index is -0.293. The third-order valence-corrected chi connectivity index (χ3v) is 4.33. The Morgan fingerprint density at radius 3 is 2.66 bits per heavy atom. The SMILES string of the molecule is CC(C)(C)c1cc(NC(=O)CNc2ccccc2Oc2ncc(Cl)cc2Cl)on1. The summed E-state index contributed by atoms with van der Waals surface area (Å²) in [5.74, 6) is 0.681. The normalized spacial score (nSPS) is 11.2. The lowest BCUT2D eigenvalue weighted by Crippen LogP contribution is -2.21. The molecule has 3 aromatic rings. The van der Waals surface area contributed by atoms with E-state index in [2.05, 4.69) is 20.8 Å². The molecule has 0 radical (unpaired) electrons. The number of halogens is 2. The van der Waals surface area contributed by atoms with Crippen LogP contribution < -0.4 is 15.4 Å². The summed E-state index contributed by atoms with van der Waals surface area (Å²) in [6.07, 6.45) is 1.44. The first-order chi connectivity index (χ1) is 13.7. The van der Waals surface area contributed by atoms with Gasteiger partial charge in [-0.05, 0) is 18.2 Å². The molecule has 3 rings (SSSR count). The minimum absolute atomic E-state index is 0.00625. The number of para-hydroxylation sites is 2. The van der Waals surface area contributed by atoms with Gasteiger partial charge in [0.05, 0.1) is 22.9 Å². The van der Waals surface area contributed by atoms with Gasteiger partial charge >= 0.3 is 0 Å². The molecule has 0 bridgehead atoms. The van der Waals surface area contributed by atoms with Crippen molar-refractivity contribution in [2.24, 2.45) is 0 Å². The van der Waals surface area contributed by atoms with Crippen molar-refractivity contribution in [3.8, 4) is 11.6 Å². The van der Waals surface area contributed by atoms with Gasteiger partial charge in [0, 0.05) is 17.7 Å². The summed E-state index contributed by atoms with van der Waals surface area (Å²) in [5, 5.41) is 10.4. The fraction of sp³-hybridized carbons (Fsp3) is 0.250. The smallest absolute Gasteiger partial charge is 0.246 e. The summed E-state index contributed by atoms with van der Waals surface area (Å²) in [7, 11) is 0. The fourth-order valence-corrected chi connectivity index (χ4v) is 2.75. The van der Waals surface area contributed by atoms with E-state index in [9.17, 15) is 4.79 Å². The predicted molar refractivity (Wildman–Crippen MR) is 113 cm³/mol. The number of rotatable bonds is 6. The molecule has 152 valence electrons. The summed E-state index contributed by atoms with van der Waals surface area (Å²) >= 11 is 12.0. The predicted octanol–water partition coefficient (Wildman–Crippen LogP) is 5.52. The Labute approximate surface area is 178 Å². The van der Waals surface area contributed by atoms with E-state index in [1.165, 1.54) is 12.3 Å². The maximum Gasteiger partial charge on any atom is 0.246 e. The lowest BCUT2D eigenvalue weighted by Gasteiger charge is -2.13. The van der Waals surface area contributed by atoms with E-state index in [1.54, 1.807) is 24.3 Å². The first kappa shape index (κ1) is 21.0. The monoisotopic (exact) mass is 434 g/mol. The van der Waals surface area contributed by atoms with Crippen LogP contribution in [-0.4, -0.2) is 22.6 Å². The lowest BCUT2D eigenvalue weighted by atomic mass is 9.92. The molecule has 0 saturated carbocycles. The highest BCUT2D eigenvalue weighted by atomic mass is 35.5. The van der Waals surface area contributed by atoms with Crippen molar-refractivity contribution in [1.29, 1.82) is 0 Å². The maximum absolute atomic E-state index is 12.3. The molecule has 0 aliphatic heterocycles. The number of aromatic nitrogens is 2. The van der Waals surface area contributed by atoms with Gasteiger partial charge in [0.2, 0.25) is 17.7 Å². The molecule has 0 aliphatic carbocycles. The molecule has 0 saturated heterocycles. The molecule has 7 nitrogen and oxygen atoms in total. The Kier molecular flexibility index (Phi) is 6.30. The number of anilines is 2. The molecule has 0 aliphatic rings. The molecular weight excluding hydrogens is 415 g/mol. The van der Waals surface area contributed by atoms with E-state index in [0.717, 1.165) is 5.69 Å². The van der Waals surface area contributed by atoms with Gasteiger partial charge in [-0.15, -0.1) is 0 Å². The fourth-order valence-electron chi connectivity index (χ4n) is 2.33. The number of benzene rings is 1. The van der Waals surface area contributed by atoms with Crippen molar-refractivity contribution in [3.63, 3.8) is 0 Å². The summed E-state index contributed by atoms with van der Waals surface area (Å²) in [6.45, 7) is 6.03. The first-order valence-corrected chi connectivity index (χ1v) is 9.57. The van der Waals surface area contributed by atoms with Gasteiger partial charge < -0.3 is 14.6 Å². The van der Waals surface area contributed by atoms with E-state index >= 15 is 0 Å². The van der Waals surface area contributed by atoms with Crippen LogP contribution in [0, 0.1) is 0 Å². The topological polar surface area (TPSA) is 89.3 Å². The van der Waals surface area contributed by atoms with Crippen molar-refractivity contribution in [1.82, 2.24) is 10.1 Å². The van der Waals surface area contributed by atoms with Gasteiger partial charge in [0.15, 0.2) is 5.75 Å². The number of amides is 1. The Hall–Kier alpha value is -2.77. The maximum atomic E-state index is 12.3. The average molecular weight is 435 g/mol. The van der Waals surface area contributed by atoms with Gasteiger partial charge in [0.1, 0.15) is 5.02 Å². The van der Waals surface area contributed by atoms with Gasteiger partial charge in [0.25, 0.3) is 0 Å². The molecule has 9 heteroatoms. The van der Waals surface area contributed by atoms with E-state index in [0.29, 0.717) is 22.3 Å². The highest BCUT2D eigenvalue weighted by Crippen LogP contribution is 2.33. The van der Waals surface area contributed by atoms with Crippen LogP contribution >= 0.6 is 23.2 Å². The quantitative estimate of drug-likeness (QED) is 0.530. The first-order valence-electron chi connectivity index (χ1n) is 8.81. The highest BCUT2D eigenvalue weighted by Gasteiger charge is 2.19. The highest BCUT2D eigenvalue weighted by molar-refractivity contribution is 6.35. The van der Waals surface area contributed by atoms with Crippen molar-refractivity contribution < 1.29 is 14.1 Å². The van der Waals surface area contributed by atoms with Gasteiger partial charge in [-0.3, -0.25) is 10.1 Å². The van der Waals surface area contributed by atoms with Crippen molar-refractivity contribution in [2.75, 3.05) is 17.2 Å². The standard InChI is InChI=1S/C20H20Cl2N4O3/c1-20(2,3)16-9-18(29-26-16)25-17(27)11-23-14-6-4-5-7-15(14)28-19-13(22)8-12(21)10-24-19/h4-10,23H,11H2,1-3H3,(H,25,27). The number of ether oxygens (including phenoxy) is 1. The molecule has 1 aromatic carbocycles. The van der Waals surface area contributed by atoms with Gasteiger partial charge in [-0.25, -0.2) is 4.98 Å². The van der Waals surface area contributed by atoms with E-state index in [1.807, 2.05) is 26.8 Å². The molecule has 0 fully saturated rings. The number of nitrogens with zero attached hydrogens (tertiary/aromatic N) is 2. The molecule has 2 heterocycles. The summed E-state index contributed by atoms with van der Waals surface area (Å²) < 4.78 is 10.9. The molecule has 0 spiro atoms. The molecule has 29 heavy (non-hydrogen) atoms. The van der Waals surface area contributed by atoms with Gasteiger partial charge in [-0.1, -0.05) is 61.3 Å². The zero-order valence-electron chi connectivity index (χ0n) is 16.1. The minimum Gasteiger partial charge on any atom is -0.435 e. The van der Waals surface area contributed by atoms with E-state index < -0.39 is 0 Å². The third-order valence-electron chi connectivity index (χ3n) is 3.85. The van der Waals surface area contributed by atoms with Gasteiger partial charge in [-0.2, -0.15) is 0 Å². The van der Waals surface area contributed by atoms with Crippen molar-refractivity contribution >= 4 is 40.7 Å². The van der Waals surface area contributed by atoms with Crippen LogP contribution in [0.3, 0.4) is 0 Å². The van der Waals surface area contributed by atoms with Crippen LogP contribution in [0.4, 0.5) is 11.6 Å².